The minimum absolute atomic E-state index is 0.0179. The second-order valence-corrected chi connectivity index (χ2v) is 6.15. The molecule has 1 aromatic carbocycles. The molecule has 0 atom stereocenters. The Balaban J connectivity index is 1.58. The van der Waals surface area contributed by atoms with Crippen molar-refractivity contribution in [3.8, 4) is 0 Å². The van der Waals surface area contributed by atoms with E-state index in [0.717, 1.165) is 10.0 Å². The molecule has 1 aromatic heterocycles. The highest BCUT2D eigenvalue weighted by Gasteiger charge is 2.05. The number of aromatic nitrogens is 1. The van der Waals surface area contributed by atoms with Gasteiger partial charge >= 0.3 is 0 Å². The number of nitrogens with one attached hydrogen (secondary N) is 2. The minimum Gasteiger partial charge on any atom is -0.356 e. The van der Waals surface area contributed by atoms with Crippen LogP contribution in [0.5, 0.6) is 0 Å². The summed E-state index contributed by atoms with van der Waals surface area (Å²) in [6, 6.07) is 11.3. The van der Waals surface area contributed by atoms with Gasteiger partial charge in [-0.25, -0.2) is 0 Å². The average Bonchev–Trinajstić information content (AvgIpc) is 2.61. The Morgan fingerprint density at radius 1 is 1.04 bits per heavy atom. The molecule has 0 bridgehead atoms. The lowest BCUT2D eigenvalue weighted by Gasteiger charge is -2.07. The number of halogens is 1. The summed E-state index contributed by atoms with van der Waals surface area (Å²) in [5.41, 5.74) is 1.66. The Hall–Kier alpha value is -2.21. The monoisotopic (exact) mass is 389 g/mol. The van der Waals surface area contributed by atoms with Crippen LogP contribution < -0.4 is 10.6 Å². The van der Waals surface area contributed by atoms with Gasteiger partial charge in [0, 0.05) is 36.4 Å². The highest BCUT2D eigenvalue weighted by Crippen LogP contribution is 2.17. The third-order valence-corrected chi connectivity index (χ3v) is 4.24. The fourth-order valence-electron chi connectivity index (χ4n) is 2.15. The van der Waals surface area contributed by atoms with Gasteiger partial charge < -0.3 is 10.6 Å². The van der Waals surface area contributed by atoms with Crippen LogP contribution in [0.4, 0.5) is 0 Å². The van der Waals surface area contributed by atoms with Gasteiger partial charge in [0.25, 0.3) is 5.91 Å². The molecule has 126 valence electrons. The normalized spacial score (nSPS) is 10.2. The van der Waals surface area contributed by atoms with Crippen LogP contribution in [0, 0.1) is 0 Å². The maximum atomic E-state index is 11.8. The molecule has 1 heterocycles. The SMILES string of the molecule is O=C(CCc1ccccc1Br)NCCCNC(=O)c1cccnc1. The Labute approximate surface area is 150 Å². The first-order valence-corrected chi connectivity index (χ1v) is 8.64. The molecule has 0 unspecified atom stereocenters. The Morgan fingerprint density at radius 3 is 2.58 bits per heavy atom. The van der Waals surface area contributed by atoms with E-state index in [4.69, 9.17) is 0 Å². The Bertz CT molecular complexity index is 677. The molecule has 0 aliphatic rings. The average molecular weight is 390 g/mol. The predicted octanol–water partition coefficient (Wildman–Crippen LogP) is 2.71. The van der Waals surface area contributed by atoms with Crippen molar-refractivity contribution in [2.75, 3.05) is 13.1 Å². The van der Waals surface area contributed by atoms with Crippen LogP contribution in [0.1, 0.15) is 28.8 Å². The number of amides is 2. The molecule has 2 rings (SSSR count). The summed E-state index contributed by atoms with van der Waals surface area (Å²) in [6.45, 7) is 1.06. The van der Waals surface area contributed by atoms with Crippen molar-refractivity contribution in [2.45, 2.75) is 19.3 Å². The fraction of sp³-hybridized carbons (Fsp3) is 0.278. The lowest BCUT2D eigenvalue weighted by atomic mass is 10.1. The number of pyridine rings is 1. The van der Waals surface area contributed by atoms with E-state index in [1.165, 1.54) is 6.20 Å². The summed E-state index contributed by atoms with van der Waals surface area (Å²) in [5, 5.41) is 5.67. The van der Waals surface area contributed by atoms with E-state index in [2.05, 4.69) is 31.5 Å². The third kappa shape index (κ3) is 6.12. The van der Waals surface area contributed by atoms with Gasteiger partial charge in [0.15, 0.2) is 0 Å². The first-order chi connectivity index (χ1) is 11.7. The standard InChI is InChI=1S/C18H20BrN3O2/c19-16-7-2-1-5-14(16)8-9-17(23)21-11-4-12-22-18(24)15-6-3-10-20-13-15/h1-3,5-7,10,13H,4,8-9,11-12H2,(H,21,23)(H,22,24). The summed E-state index contributed by atoms with van der Waals surface area (Å²) in [5.74, 6) is -0.132. The van der Waals surface area contributed by atoms with E-state index in [1.807, 2.05) is 24.3 Å². The van der Waals surface area contributed by atoms with Gasteiger partial charge in [-0.1, -0.05) is 34.1 Å². The molecule has 6 heteroatoms. The first-order valence-electron chi connectivity index (χ1n) is 7.85. The molecule has 0 spiro atoms. The molecule has 0 saturated carbocycles. The van der Waals surface area contributed by atoms with Crippen molar-refractivity contribution in [3.05, 3.63) is 64.4 Å². The molecule has 5 nitrogen and oxygen atoms in total. The smallest absolute Gasteiger partial charge is 0.252 e. The largest absolute Gasteiger partial charge is 0.356 e. The van der Waals surface area contributed by atoms with Crippen LogP contribution in [0.2, 0.25) is 0 Å². The van der Waals surface area contributed by atoms with E-state index >= 15 is 0 Å². The molecule has 0 radical (unpaired) electrons. The maximum Gasteiger partial charge on any atom is 0.252 e. The molecule has 0 saturated heterocycles. The molecule has 2 aromatic rings. The lowest BCUT2D eigenvalue weighted by molar-refractivity contribution is -0.121. The van der Waals surface area contributed by atoms with E-state index in [9.17, 15) is 9.59 Å². The summed E-state index contributed by atoms with van der Waals surface area (Å²) in [7, 11) is 0. The Kier molecular flexibility index (Phi) is 7.42. The number of carbonyl (C=O) groups is 2. The van der Waals surface area contributed by atoms with Crippen molar-refractivity contribution in [2.24, 2.45) is 0 Å². The molecular formula is C18H20BrN3O2. The molecule has 0 aliphatic heterocycles. The third-order valence-electron chi connectivity index (χ3n) is 3.46. The number of aryl methyl sites for hydroxylation is 1. The van der Waals surface area contributed by atoms with Gasteiger partial charge in [0.05, 0.1) is 5.56 Å². The minimum atomic E-state index is -0.150. The molecular weight excluding hydrogens is 370 g/mol. The summed E-state index contributed by atoms with van der Waals surface area (Å²) < 4.78 is 1.02. The molecule has 2 N–H and O–H groups in total. The van der Waals surface area contributed by atoms with Crippen LogP contribution in [0.25, 0.3) is 0 Å². The van der Waals surface area contributed by atoms with Crippen LogP contribution in [-0.4, -0.2) is 29.9 Å². The number of benzene rings is 1. The van der Waals surface area contributed by atoms with Crippen molar-refractivity contribution in [1.82, 2.24) is 15.6 Å². The van der Waals surface area contributed by atoms with Gasteiger partial charge in [-0.3, -0.25) is 14.6 Å². The quantitative estimate of drug-likeness (QED) is 0.681. The van der Waals surface area contributed by atoms with Crippen LogP contribution in [0.15, 0.2) is 53.3 Å². The zero-order chi connectivity index (χ0) is 17.2. The van der Waals surface area contributed by atoms with Crippen LogP contribution in [-0.2, 0) is 11.2 Å². The maximum absolute atomic E-state index is 11.8. The number of hydrogen-bond donors (Lipinski definition) is 2. The number of rotatable bonds is 8. The van der Waals surface area contributed by atoms with Gasteiger partial charge in [-0.15, -0.1) is 0 Å². The summed E-state index contributed by atoms with van der Waals surface area (Å²) in [4.78, 5) is 27.5. The number of carbonyl (C=O) groups excluding carboxylic acids is 2. The van der Waals surface area contributed by atoms with Crippen molar-refractivity contribution >= 4 is 27.7 Å². The Morgan fingerprint density at radius 2 is 1.83 bits per heavy atom. The first kappa shape index (κ1) is 18.1. The van der Waals surface area contributed by atoms with Crippen molar-refractivity contribution in [3.63, 3.8) is 0 Å². The van der Waals surface area contributed by atoms with Gasteiger partial charge in [0.2, 0.25) is 5.91 Å². The van der Waals surface area contributed by atoms with Crippen LogP contribution >= 0.6 is 15.9 Å². The topological polar surface area (TPSA) is 71.1 Å². The highest BCUT2D eigenvalue weighted by molar-refractivity contribution is 9.10. The lowest BCUT2D eigenvalue weighted by Crippen LogP contribution is -2.30. The zero-order valence-corrected chi connectivity index (χ0v) is 14.9. The van der Waals surface area contributed by atoms with Crippen LogP contribution in [0.3, 0.4) is 0 Å². The van der Waals surface area contributed by atoms with E-state index in [1.54, 1.807) is 18.3 Å². The molecule has 2 amide bonds. The molecule has 24 heavy (non-hydrogen) atoms. The van der Waals surface area contributed by atoms with Crippen molar-refractivity contribution < 1.29 is 9.59 Å². The highest BCUT2D eigenvalue weighted by atomic mass is 79.9. The van der Waals surface area contributed by atoms with Gasteiger partial charge in [-0.2, -0.15) is 0 Å². The number of nitrogens with zero attached hydrogens (tertiary/aromatic N) is 1. The fourth-order valence-corrected chi connectivity index (χ4v) is 2.64. The van der Waals surface area contributed by atoms with Gasteiger partial charge in [-0.05, 0) is 36.6 Å². The summed E-state index contributed by atoms with van der Waals surface area (Å²) in [6.07, 6.45) is 4.99. The molecule has 0 fully saturated rings. The molecule has 0 aliphatic carbocycles. The second kappa shape index (κ2) is 9.82. The second-order valence-electron chi connectivity index (χ2n) is 5.29. The van der Waals surface area contributed by atoms with Gasteiger partial charge in [0.1, 0.15) is 0 Å². The zero-order valence-electron chi connectivity index (χ0n) is 13.3. The van der Waals surface area contributed by atoms with E-state index < -0.39 is 0 Å². The summed E-state index contributed by atoms with van der Waals surface area (Å²) >= 11 is 3.48. The van der Waals surface area contributed by atoms with E-state index in [-0.39, 0.29) is 11.8 Å². The number of hydrogen-bond acceptors (Lipinski definition) is 3. The predicted molar refractivity (Wildman–Crippen MR) is 96.7 cm³/mol. The van der Waals surface area contributed by atoms with E-state index in [0.29, 0.717) is 37.9 Å². The van der Waals surface area contributed by atoms with Crippen molar-refractivity contribution in [1.29, 1.82) is 0 Å².